The van der Waals surface area contributed by atoms with E-state index in [1.807, 2.05) is 13.0 Å². The van der Waals surface area contributed by atoms with Crippen molar-refractivity contribution in [3.8, 4) is 0 Å². The lowest BCUT2D eigenvalue weighted by atomic mass is 10.0. The van der Waals surface area contributed by atoms with Crippen molar-refractivity contribution in [2.24, 2.45) is 5.92 Å². The number of hydrogen-bond donors (Lipinski definition) is 1. The van der Waals surface area contributed by atoms with Crippen LogP contribution in [0.25, 0.3) is 5.78 Å². The number of piperazine rings is 1. The third-order valence-corrected chi connectivity index (χ3v) is 7.09. The lowest BCUT2D eigenvalue weighted by Crippen LogP contribution is -2.56. The van der Waals surface area contributed by atoms with E-state index in [1.54, 1.807) is 23.3 Å². The lowest BCUT2D eigenvalue weighted by Gasteiger charge is -2.38. The van der Waals surface area contributed by atoms with E-state index >= 15 is 0 Å². The molecule has 0 saturated carbocycles. The SMILES string of the molecule is Cc1cc(N2CCN(C(=O)[C@@H](NS(=O)(=O)c3ccccc3F)C(C)C)CC2)n2ncnc2n1. The van der Waals surface area contributed by atoms with E-state index in [2.05, 4.69) is 24.7 Å². The fourth-order valence-electron chi connectivity index (χ4n) is 3.85. The number of anilines is 1. The summed E-state index contributed by atoms with van der Waals surface area (Å²) in [5, 5.41) is 4.23. The van der Waals surface area contributed by atoms with Gasteiger partial charge in [0.15, 0.2) is 0 Å². The van der Waals surface area contributed by atoms with Crippen molar-refractivity contribution in [3.05, 3.63) is 48.2 Å². The summed E-state index contributed by atoms with van der Waals surface area (Å²) in [6.07, 6.45) is 1.44. The normalized spacial score (nSPS) is 15.9. The summed E-state index contributed by atoms with van der Waals surface area (Å²) in [7, 11) is -4.20. The average Bonchev–Trinajstić information content (AvgIpc) is 3.25. The summed E-state index contributed by atoms with van der Waals surface area (Å²) >= 11 is 0. The second-order valence-electron chi connectivity index (χ2n) is 8.31. The highest BCUT2D eigenvalue weighted by atomic mass is 32.2. The smallest absolute Gasteiger partial charge is 0.254 e. The summed E-state index contributed by atoms with van der Waals surface area (Å²) in [5.74, 6) is -0.176. The van der Waals surface area contributed by atoms with Crippen LogP contribution in [0.3, 0.4) is 0 Å². The van der Waals surface area contributed by atoms with Gasteiger partial charge in [-0.1, -0.05) is 26.0 Å². The predicted molar refractivity (Wildman–Crippen MR) is 120 cm³/mol. The van der Waals surface area contributed by atoms with E-state index < -0.39 is 26.8 Å². The Morgan fingerprint density at radius 2 is 1.85 bits per heavy atom. The van der Waals surface area contributed by atoms with Crippen LogP contribution in [0.1, 0.15) is 19.5 Å². The highest BCUT2D eigenvalue weighted by Gasteiger charge is 2.34. The molecule has 10 nitrogen and oxygen atoms in total. The molecule has 0 unspecified atom stereocenters. The number of sulfonamides is 1. The summed E-state index contributed by atoms with van der Waals surface area (Å²) in [4.78, 5) is 25.0. The number of amides is 1. The molecule has 176 valence electrons. The minimum absolute atomic E-state index is 0.324. The molecule has 1 amide bonds. The number of rotatable bonds is 6. The van der Waals surface area contributed by atoms with Gasteiger partial charge in [-0.3, -0.25) is 4.79 Å². The first-order valence-electron chi connectivity index (χ1n) is 10.7. The molecule has 33 heavy (non-hydrogen) atoms. The topological polar surface area (TPSA) is 113 Å². The molecule has 0 aliphatic carbocycles. The van der Waals surface area contributed by atoms with Crippen molar-refractivity contribution in [1.82, 2.24) is 29.2 Å². The van der Waals surface area contributed by atoms with Crippen molar-refractivity contribution in [2.45, 2.75) is 31.7 Å². The van der Waals surface area contributed by atoms with Crippen molar-refractivity contribution >= 4 is 27.5 Å². The maximum absolute atomic E-state index is 14.1. The summed E-state index contributed by atoms with van der Waals surface area (Å²) in [5.41, 5.74) is 0.812. The van der Waals surface area contributed by atoms with Gasteiger partial charge in [0.25, 0.3) is 5.78 Å². The number of fused-ring (bicyclic) bond motifs is 1. The monoisotopic (exact) mass is 475 g/mol. The molecule has 1 aliphatic heterocycles. The molecule has 2 aromatic heterocycles. The molecule has 3 aromatic rings. The van der Waals surface area contributed by atoms with Crippen molar-refractivity contribution in [3.63, 3.8) is 0 Å². The van der Waals surface area contributed by atoms with Crippen LogP contribution in [0, 0.1) is 18.7 Å². The minimum Gasteiger partial charge on any atom is -0.353 e. The fourth-order valence-corrected chi connectivity index (χ4v) is 5.27. The molecule has 1 N–H and O–H groups in total. The lowest BCUT2D eigenvalue weighted by molar-refractivity contribution is -0.134. The first kappa shape index (κ1) is 23.1. The minimum atomic E-state index is -4.20. The molecule has 4 rings (SSSR count). The number of benzene rings is 1. The van der Waals surface area contributed by atoms with E-state index in [9.17, 15) is 17.6 Å². The highest BCUT2D eigenvalue weighted by Crippen LogP contribution is 2.20. The molecule has 12 heteroatoms. The molecular formula is C21H26FN7O3S. The Kier molecular flexibility index (Phi) is 6.30. The zero-order valence-corrected chi connectivity index (χ0v) is 19.5. The third-order valence-electron chi connectivity index (χ3n) is 5.62. The molecule has 0 radical (unpaired) electrons. The van der Waals surface area contributed by atoms with E-state index in [-0.39, 0.29) is 11.8 Å². The van der Waals surface area contributed by atoms with Crippen molar-refractivity contribution in [1.29, 1.82) is 0 Å². The van der Waals surface area contributed by atoms with Crippen LogP contribution in [0.15, 0.2) is 41.6 Å². The number of carbonyl (C=O) groups excluding carboxylic acids is 1. The van der Waals surface area contributed by atoms with Gasteiger partial charge in [0.05, 0.1) is 0 Å². The molecule has 0 spiro atoms. The second kappa shape index (κ2) is 9.02. The first-order valence-corrected chi connectivity index (χ1v) is 12.1. The Hall–Kier alpha value is -3.12. The zero-order valence-electron chi connectivity index (χ0n) is 18.6. The van der Waals surface area contributed by atoms with Crippen LogP contribution in [-0.2, 0) is 14.8 Å². The predicted octanol–water partition coefficient (Wildman–Crippen LogP) is 1.22. The number of nitrogens with zero attached hydrogens (tertiary/aromatic N) is 6. The number of aryl methyl sites for hydroxylation is 1. The maximum Gasteiger partial charge on any atom is 0.254 e. The van der Waals surface area contributed by atoms with Crippen LogP contribution < -0.4 is 9.62 Å². The molecule has 3 heterocycles. The van der Waals surface area contributed by atoms with E-state index in [4.69, 9.17) is 0 Å². The first-order chi connectivity index (χ1) is 15.7. The van der Waals surface area contributed by atoms with Crippen LogP contribution in [0.2, 0.25) is 0 Å². The molecule has 1 atom stereocenters. The number of aromatic nitrogens is 4. The fraction of sp³-hybridized carbons (Fsp3) is 0.429. The molecule has 1 aromatic carbocycles. The Bertz CT molecular complexity index is 1270. The molecule has 1 fully saturated rings. The highest BCUT2D eigenvalue weighted by molar-refractivity contribution is 7.89. The molecular weight excluding hydrogens is 449 g/mol. The van der Waals surface area contributed by atoms with Crippen molar-refractivity contribution < 1.29 is 17.6 Å². The number of nitrogens with one attached hydrogen (secondary N) is 1. The van der Waals surface area contributed by atoms with Crippen LogP contribution in [0.5, 0.6) is 0 Å². The van der Waals surface area contributed by atoms with Gasteiger partial charge >= 0.3 is 0 Å². The Labute approximate surface area is 191 Å². The van der Waals surface area contributed by atoms with Gasteiger partial charge < -0.3 is 9.80 Å². The van der Waals surface area contributed by atoms with Crippen LogP contribution in [-0.4, -0.2) is 71.0 Å². The summed E-state index contributed by atoms with van der Waals surface area (Å²) < 4.78 is 43.7. The van der Waals surface area contributed by atoms with Crippen LogP contribution >= 0.6 is 0 Å². The summed E-state index contributed by atoms with van der Waals surface area (Å²) in [6.45, 7) is 7.27. The van der Waals surface area contributed by atoms with E-state index in [0.717, 1.165) is 17.6 Å². The van der Waals surface area contributed by atoms with Crippen molar-refractivity contribution in [2.75, 3.05) is 31.1 Å². The van der Waals surface area contributed by atoms with E-state index in [1.165, 1.54) is 24.5 Å². The third kappa shape index (κ3) is 4.67. The molecule has 1 aliphatic rings. The van der Waals surface area contributed by atoms with Gasteiger partial charge in [0, 0.05) is 37.9 Å². The number of halogens is 1. The van der Waals surface area contributed by atoms with E-state index in [0.29, 0.717) is 32.0 Å². The standard InChI is InChI=1S/C21H26FN7O3S/c1-14(2)19(26-33(31,32)17-7-5-4-6-16(17)22)20(30)28-10-8-27(9-11-28)18-12-15(3)25-21-23-13-24-29(18)21/h4-7,12-14,19,26H,8-11H2,1-3H3/t19-/m0/s1. The second-order valence-corrected chi connectivity index (χ2v) is 10.00. The number of carbonyl (C=O) groups is 1. The Balaban J connectivity index is 1.48. The van der Waals surface area contributed by atoms with Gasteiger partial charge in [-0.05, 0) is 25.0 Å². The molecule has 1 saturated heterocycles. The Morgan fingerprint density at radius 1 is 1.15 bits per heavy atom. The van der Waals surface area contributed by atoms with Gasteiger partial charge in [-0.15, -0.1) is 0 Å². The largest absolute Gasteiger partial charge is 0.353 e. The summed E-state index contributed by atoms with van der Waals surface area (Å²) in [6, 6.07) is 6.02. The van der Waals surface area contributed by atoms with Gasteiger partial charge in [0.2, 0.25) is 15.9 Å². The quantitative estimate of drug-likeness (QED) is 0.570. The number of hydrogen-bond acceptors (Lipinski definition) is 7. The Morgan fingerprint density at radius 3 is 2.52 bits per heavy atom. The van der Waals surface area contributed by atoms with Crippen LogP contribution in [0.4, 0.5) is 10.2 Å². The van der Waals surface area contributed by atoms with Gasteiger partial charge in [-0.25, -0.2) is 17.8 Å². The maximum atomic E-state index is 14.1. The van der Waals surface area contributed by atoms with Gasteiger partial charge in [-0.2, -0.15) is 19.3 Å². The average molecular weight is 476 g/mol. The van der Waals surface area contributed by atoms with Gasteiger partial charge in [0.1, 0.15) is 28.9 Å². The molecule has 0 bridgehead atoms. The zero-order chi connectivity index (χ0) is 23.8.